The zero-order chi connectivity index (χ0) is 22.2. The molecule has 158 valence electrons. The Hall–Kier alpha value is -3.49. The molecule has 0 spiro atoms. The number of likely N-dealkylation sites (tertiary alicyclic amines) is 1. The second kappa shape index (κ2) is 7.98. The highest BCUT2D eigenvalue weighted by atomic mass is 16.6. The van der Waals surface area contributed by atoms with Crippen LogP contribution in [0.25, 0.3) is 5.52 Å². The molecule has 1 aromatic carbocycles. The molecule has 1 saturated heterocycles. The highest BCUT2D eigenvalue weighted by Crippen LogP contribution is 2.34. The average molecular weight is 417 g/mol. The largest absolute Gasteiger partial charge is 0.445 e. The number of aromatic nitrogens is 2. The molecule has 0 unspecified atom stereocenters. The number of carbonyl (C=O) groups is 2. The van der Waals surface area contributed by atoms with Crippen molar-refractivity contribution in [1.82, 2.24) is 14.5 Å². The van der Waals surface area contributed by atoms with Gasteiger partial charge in [0.1, 0.15) is 14.5 Å². The first kappa shape index (κ1) is 20.8. The van der Waals surface area contributed by atoms with Crippen molar-refractivity contribution in [2.75, 3.05) is 18.4 Å². The molecule has 2 radical (unpaired) electrons. The third kappa shape index (κ3) is 4.21. The number of ether oxygens (including phenoxy) is 1. The lowest BCUT2D eigenvalue weighted by atomic mass is 9.87. The summed E-state index contributed by atoms with van der Waals surface area (Å²) in [5.74, 6) is -0.591. The van der Waals surface area contributed by atoms with Crippen LogP contribution >= 0.6 is 0 Å². The van der Waals surface area contributed by atoms with Crippen LogP contribution in [0, 0.1) is 5.41 Å². The van der Waals surface area contributed by atoms with Gasteiger partial charge in [-0.05, 0) is 11.6 Å². The Morgan fingerprint density at radius 3 is 2.77 bits per heavy atom. The number of nitrogens with two attached hydrogens (primary N) is 1. The van der Waals surface area contributed by atoms with Crippen LogP contribution in [0.5, 0.6) is 0 Å². The maximum Gasteiger partial charge on any atom is 0.410 e. The van der Waals surface area contributed by atoms with Gasteiger partial charge in [0.2, 0.25) is 0 Å². The van der Waals surface area contributed by atoms with E-state index in [1.165, 1.54) is 6.20 Å². The summed E-state index contributed by atoms with van der Waals surface area (Å²) in [7, 11) is 5.92. The number of rotatable bonds is 5. The standard InChI is InChI=1S/C22H24BN5O3/c1-22(2)13-27(21(30)31-12-14-6-4-3-5-7-14)11-18(22)26-19-16(20(24)29)9-25-28-10-15(23)8-17(19)28/h3-10,18,26H,11-13H2,1-2H3,(H2,24,29)/t18-/m1/s1. The van der Waals surface area contributed by atoms with Crippen LogP contribution in [0.15, 0.2) is 48.8 Å². The van der Waals surface area contributed by atoms with E-state index >= 15 is 0 Å². The zero-order valence-corrected chi connectivity index (χ0v) is 17.5. The van der Waals surface area contributed by atoms with Gasteiger partial charge in [-0.15, -0.1) is 0 Å². The van der Waals surface area contributed by atoms with Gasteiger partial charge >= 0.3 is 6.09 Å². The molecule has 0 bridgehead atoms. The molecule has 0 aliphatic carbocycles. The van der Waals surface area contributed by atoms with E-state index in [9.17, 15) is 9.59 Å². The van der Waals surface area contributed by atoms with E-state index in [4.69, 9.17) is 18.3 Å². The highest BCUT2D eigenvalue weighted by molar-refractivity contribution is 6.33. The van der Waals surface area contributed by atoms with E-state index in [2.05, 4.69) is 24.3 Å². The smallest absolute Gasteiger partial charge is 0.410 e. The minimum absolute atomic E-state index is 0.141. The molecule has 2 amide bonds. The molecular formula is C22H24BN5O3. The fourth-order valence-corrected chi connectivity index (χ4v) is 3.91. The first-order chi connectivity index (χ1) is 14.7. The van der Waals surface area contributed by atoms with Gasteiger partial charge in [0.05, 0.1) is 29.0 Å². The fourth-order valence-electron chi connectivity index (χ4n) is 3.91. The fraction of sp³-hybridized carbons (Fsp3) is 0.318. The number of hydrogen-bond donors (Lipinski definition) is 2. The van der Waals surface area contributed by atoms with E-state index in [-0.39, 0.29) is 29.7 Å². The van der Waals surface area contributed by atoms with E-state index < -0.39 is 5.91 Å². The third-order valence-electron chi connectivity index (χ3n) is 5.65. The number of fused-ring (bicyclic) bond motifs is 1. The quantitative estimate of drug-likeness (QED) is 0.616. The van der Waals surface area contributed by atoms with Crippen molar-refractivity contribution in [2.24, 2.45) is 11.1 Å². The lowest BCUT2D eigenvalue weighted by molar-refractivity contribution is 0.0996. The van der Waals surface area contributed by atoms with Crippen LogP contribution < -0.4 is 16.5 Å². The van der Waals surface area contributed by atoms with Crippen molar-refractivity contribution in [3.63, 3.8) is 0 Å². The third-order valence-corrected chi connectivity index (χ3v) is 5.65. The molecule has 1 atom stereocenters. The number of carbonyl (C=O) groups excluding carboxylic acids is 2. The highest BCUT2D eigenvalue weighted by Gasteiger charge is 2.42. The molecule has 3 N–H and O–H groups in total. The lowest BCUT2D eigenvalue weighted by Gasteiger charge is -2.27. The Bertz CT molecular complexity index is 1130. The molecule has 3 aromatic rings. The molecule has 31 heavy (non-hydrogen) atoms. The first-order valence-electron chi connectivity index (χ1n) is 10.0. The maximum absolute atomic E-state index is 12.7. The van der Waals surface area contributed by atoms with Crippen LogP contribution in [0.4, 0.5) is 10.5 Å². The molecule has 0 saturated carbocycles. The second-order valence-electron chi connectivity index (χ2n) is 8.51. The van der Waals surface area contributed by atoms with Crippen LogP contribution in [0.1, 0.15) is 29.8 Å². The molecule has 1 aliphatic heterocycles. The number of anilines is 1. The van der Waals surface area contributed by atoms with Gasteiger partial charge in [-0.2, -0.15) is 5.10 Å². The van der Waals surface area contributed by atoms with Crippen molar-refractivity contribution in [1.29, 1.82) is 0 Å². The predicted octanol–water partition coefficient (Wildman–Crippen LogP) is 1.69. The topological polar surface area (TPSA) is 102 Å². The number of nitrogens with one attached hydrogen (secondary N) is 1. The summed E-state index contributed by atoms with van der Waals surface area (Å²) in [5, 5.41) is 7.63. The normalized spacial score (nSPS) is 17.6. The van der Waals surface area contributed by atoms with Crippen LogP contribution in [-0.2, 0) is 11.3 Å². The van der Waals surface area contributed by atoms with Crippen molar-refractivity contribution >= 4 is 36.5 Å². The van der Waals surface area contributed by atoms with Crippen molar-refractivity contribution < 1.29 is 14.3 Å². The number of benzene rings is 1. The summed E-state index contributed by atoms with van der Waals surface area (Å²) in [6.07, 6.45) is 2.71. The van der Waals surface area contributed by atoms with Crippen LogP contribution in [0.2, 0.25) is 0 Å². The van der Waals surface area contributed by atoms with Gasteiger partial charge < -0.3 is 20.7 Å². The Balaban J connectivity index is 1.53. The van der Waals surface area contributed by atoms with Crippen LogP contribution in [-0.4, -0.2) is 53.5 Å². The Kier molecular flexibility index (Phi) is 5.35. The summed E-state index contributed by atoms with van der Waals surface area (Å²) in [4.78, 5) is 26.4. The van der Waals surface area contributed by atoms with Gasteiger partial charge in [0.25, 0.3) is 5.91 Å². The SMILES string of the molecule is [B]c1cc2c(N[C@@H]3CN(C(=O)OCc4ccccc4)CC3(C)C)c(C(N)=O)cnn2c1. The minimum Gasteiger partial charge on any atom is -0.445 e. The lowest BCUT2D eigenvalue weighted by Crippen LogP contribution is -2.36. The van der Waals surface area contributed by atoms with Crippen molar-refractivity contribution in [3.05, 3.63) is 59.9 Å². The first-order valence-corrected chi connectivity index (χ1v) is 10.0. The number of nitrogens with zero attached hydrogens (tertiary/aromatic N) is 3. The monoisotopic (exact) mass is 417 g/mol. The molecule has 3 heterocycles. The van der Waals surface area contributed by atoms with Crippen LogP contribution in [0.3, 0.4) is 0 Å². The van der Waals surface area contributed by atoms with E-state index in [1.807, 2.05) is 30.3 Å². The maximum atomic E-state index is 12.7. The number of primary amides is 1. The Morgan fingerprint density at radius 2 is 2.06 bits per heavy atom. The molecule has 2 aromatic heterocycles. The molecular weight excluding hydrogens is 393 g/mol. The number of hydrogen-bond acceptors (Lipinski definition) is 5. The molecule has 1 fully saturated rings. The summed E-state index contributed by atoms with van der Waals surface area (Å²) in [5.41, 5.74) is 8.23. The van der Waals surface area contributed by atoms with E-state index in [1.54, 1.807) is 21.7 Å². The molecule has 8 nitrogen and oxygen atoms in total. The minimum atomic E-state index is -0.591. The van der Waals surface area contributed by atoms with Crippen molar-refractivity contribution in [2.45, 2.75) is 26.5 Å². The van der Waals surface area contributed by atoms with Gasteiger partial charge in [-0.1, -0.05) is 49.6 Å². The van der Waals surface area contributed by atoms with E-state index in [0.717, 1.165) is 5.56 Å². The average Bonchev–Trinajstić information content (AvgIpc) is 3.25. The number of amides is 2. The van der Waals surface area contributed by atoms with Gasteiger partial charge in [-0.3, -0.25) is 4.79 Å². The van der Waals surface area contributed by atoms with Gasteiger partial charge in [0, 0.05) is 24.7 Å². The molecule has 1 aliphatic rings. The van der Waals surface area contributed by atoms with Gasteiger partial charge in [0.15, 0.2) is 0 Å². The summed E-state index contributed by atoms with van der Waals surface area (Å²) in [6.45, 7) is 5.26. The molecule has 9 heteroatoms. The van der Waals surface area contributed by atoms with Gasteiger partial charge in [-0.25, -0.2) is 9.31 Å². The summed E-state index contributed by atoms with van der Waals surface area (Å²) < 4.78 is 7.09. The predicted molar refractivity (Wildman–Crippen MR) is 118 cm³/mol. The zero-order valence-electron chi connectivity index (χ0n) is 17.5. The Morgan fingerprint density at radius 1 is 1.32 bits per heavy atom. The Labute approximate surface area is 181 Å². The summed E-state index contributed by atoms with van der Waals surface area (Å²) >= 11 is 0. The summed E-state index contributed by atoms with van der Waals surface area (Å²) in [6, 6.07) is 11.1. The molecule has 4 rings (SSSR count). The second-order valence-corrected chi connectivity index (χ2v) is 8.51. The van der Waals surface area contributed by atoms with E-state index in [0.29, 0.717) is 29.8 Å². The van der Waals surface area contributed by atoms with Crippen molar-refractivity contribution in [3.8, 4) is 0 Å².